The summed E-state index contributed by atoms with van der Waals surface area (Å²) in [5.41, 5.74) is 4.01. The third-order valence-corrected chi connectivity index (χ3v) is 8.60. The number of carboxylic acids is 1. The number of hydrogen-bond acceptors (Lipinski definition) is 6. The Labute approximate surface area is 290 Å². The maximum absolute atomic E-state index is 13.6. The summed E-state index contributed by atoms with van der Waals surface area (Å²) in [5, 5.41) is 12.9. The fourth-order valence-corrected chi connectivity index (χ4v) is 5.57. The van der Waals surface area contributed by atoms with Gasteiger partial charge in [0.1, 0.15) is 11.8 Å². The highest BCUT2D eigenvalue weighted by atomic mass is 16.5. The van der Waals surface area contributed by atoms with Gasteiger partial charge in [0.15, 0.2) is 5.82 Å². The molecule has 0 saturated carbocycles. The second-order valence-corrected chi connectivity index (χ2v) is 13.7. The zero-order chi connectivity index (χ0) is 35.4. The molecule has 9 nitrogen and oxygen atoms in total. The van der Waals surface area contributed by atoms with E-state index in [-0.39, 0.29) is 36.6 Å². The number of aromatic nitrogens is 2. The Hall–Kier alpha value is -4.79. The Morgan fingerprint density at radius 2 is 1.63 bits per heavy atom. The Kier molecular flexibility index (Phi) is 13.3. The van der Waals surface area contributed by atoms with E-state index in [1.807, 2.05) is 54.6 Å². The quantitative estimate of drug-likeness (QED) is 0.111. The number of likely N-dealkylation sites (N-methyl/N-ethyl adjacent to an activating group) is 1. The molecule has 0 aliphatic rings. The summed E-state index contributed by atoms with van der Waals surface area (Å²) in [6, 6.07) is 20.1. The van der Waals surface area contributed by atoms with Crippen LogP contribution < -0.4 is 10.1 Å². The summed E-state index contributed by atoms with van der Waals surface area (Å²) in [4.78, 5) is 48.7. The summed E-state index contributed by atoms with van der Waals surface area (Å²) < 4.78 is 5.95. The van der Waals surface area contributed by atoms with E-state index >= 15 is 0 Å². The molecule has 0 radical (unpaired) electrons. The summed E-state index contributed by atoms with van der Waals surface area (Å²) in [5.74, 6) is -0.149. The Morgan fingerprint density at radius 3 is 2.31 bits per heavy atom. The predicted molar refractivity (Wildman–Crippen MR) is 194 cm³/mol. The van der Waals surface area contributed by atoms with Gasteiger partial charge in [-0.25, -0.2) is 9.97 Å². The first-order chi connectivity index (χ1) is 23.4. The molecule has 0 fully saturated rings. The molecule has 3 aromatic carbocycles. The molecule has 0 saturated heterocycles. The molecule has 2 N–H and O–H groups in total. The van der Waals surface area contributed by atoms with Gasteiger partial charge in [-0.3, -0.25) is 14.4 Å². The molecule has 49 heavy (non-hydrogen) atoms. The van der Waals surface area contributed by atoms with Gasteiger partial charge < -0.3 is 20.1 Å². The van der Waals surface area contributed by atoms with E-state index in [9.17, 15) is 14.4 Å². The first-order valence-corrected chi connectivity index (χ1v) is 17.3. The van der Waals surface area contributed by atoms with Crippen LogP contribution in [0.3, 0.4) is 0 Å². The number of fused-ring (bicyclic) bond motifs is 1. The van der Waals surface area contributed by atoms with Crippen molar-refractivity contribution in [2.75, 3.05) is 20.2 Å². The number of unbranched alkanes of at least 4 members (excludes halogenated alkanes) is 4. The highest BCUT2D eigenvalue weighted by Gasteiger charge is 2.25. The molecular weight excluding hydrogens is 616 g/mol. The number of benzene rings is 3. The van der Waals surface area contributed by atoms with Crippen LogP contribution in [-0.4, -0.2) is 64.0 Å². The van der Waals surface area contributed by atoms with Crippen LogP contribution in [0.1, 0.15) is 94.1 Å². The van der Waals surface area contributed by atoms with Crippen molar-refractivity contribution < 1.29 is 24.2 Å². The lowest BCUT2D eigenvalue weighted by molar-refractivity contribution is -0.138. The number of amides is 2. The molecule has 1 heterocycles. The molecule has 0 aliphatic carbocycles. The number of ether oxygens (including phenoxy) is 1. The summed E-state index contributed by atoms with van der Waals surface area (Å²) >= 11 is 0. The number of carbonyl (C=O) groups is 3. The minimum absolute atomic E-state index is 0.0405. The highest BCUT2D eigenvalue weighted by Crippen LogP contribution is 2.24. The van der Waals surface area contributed by atoms with Crippen molar-refractivity contribution in [1.29, 1.82) is 0 Å². The Morgan fingerprint density at radius 1 is 0.918 bits per heavy atom. The Bertz CT molecular complexity index is 1700. The van der Waals surface area contributed by atoms with E-state index < -0.39 is 12.0 Å². The first-order valence-electron chi connectivity index (χ1n) is 17.3. The lowest BCUT2D eigenvalue weighted by Crippen LogP contribution is -2.48. The molecule has 260 valence electrons. The average molecular weight is 667 g/mol. The van der Waals surface area contributed by atoms with Gasteiger partial charge >= 0.3 is 5.97 Å². The second kappa shape index (κ2) is 17.6. The third-order valence-electron chi connectivity index (χ3n) is 8.60. The van der Waals surface area contributed by atoms with Crippen molar-refractivity contribution in [2.45, 2.75) is 90.5 Å². The molecular formula is C40H50N4O5. The monoisotopic (exact) mass is 666 g/mol. The van der Waals surface area contributed by atoms with Crippen molar-refractivity contribution in [2.24, 2.45) is 0 Å². The fraction of sp³-hybridized carbons (Fsp3) is 0.425. The van der Waals surface area contributed by atoms with Crippen LogP contribution in [0.2, 0.25) is 0 Å². The van der Waals surface area contributed by atoms with Gasteiger partial charge in [0.25, 0.3) is 5.91 Å². The lowest BCUT2D eigenvalue weighted by atomic mass is 9.86. The van der Waals surface area contributed by atoms with Crippen molar-refractivity contribution in [3.63, 3.8) is 0 Å². The standard InChI is InChI=1S/C40H50N4O5/c1-6-7-8-9-10-24-49-33-21-22-34-31(26-33)27-41-37(42-34)29-15-13-28(14-16-29)25-35(39(48)44(5)23-11-12-36(45)46)43-38(47)30-17-19-32(20-18-30)40(2,3)4/h13-22,26-27,35H,6-12,23-25H2,1-5H3,(H,43,47)(H,45,46)/t35-/m0/s1. The van der Waals surface area contributed by atoms with Crippen LogP contribution in [0.25, 0.3) is 22.3 Å². The zero-order valence-electron chi connectivity index (χ0n) is 29.5. The minimum Gasteiger partial charge on any atom is -0.494 e. The molecule has 4 aromatic rings. The number of carbonyl (C=O) groups excluding carboxylic acids is 2. The molecule has 0 aliphatic heterocycles. The number of rotatable bonds is 17. The maximum Gasteiger partial charge on any atom is 0.303 e. The summed E-state index contributed by atoms with van der Waals surface area (Å²) in [6.07, 6.45) is 8.29. The number of hydrogen-bond donors (Lipinski definition) is 2. The van der Waals surface area contributed by atoms with Crippen LogP contribution in [0.5, 0.6) is 5.75 Å². The fourth-order valence-electron chi connectivity index (χ4n) is 5.57. The highest BCUT2D eigenvalue weighted by molar-refractivity contribution is 5.97. The molecule has 0 bridgehead atoms. The van der Waals surface area contributed by atoms with Crippen LogP contribution in [0.15, 0.2) is 72.9 Å². The lowest BCUT2D eigenvalue weighted by Gasteiger charge is -2.25. The van der Waals surface area contributed by atoms with Gasteiger partial charge in [0.05, 0.1) is 12.1 Å². The summed E-state index contributed by atoms with van der Waals surface area (Å²) in [6.45, 7) is 9.50. The molecule has 1 aromatic heterocycles. The van der Waals surface area contributed by atoms with Crippen molar-refractivity contribution in [3.8, 4) is 17.1 Å². The van der Waals surface area contributed by atoms with Gasteiger partial charge in [0.2, 0.25) is 5.91 Å². The van der Waals surface area contributed by atoms with Gasteiger partial charge in [-0.15, -0.1) is 0 Å². The van der Waals surface area contributed by atoms with Gasteiger partial charge in [0, 0.05) is 49.1 Å². The van der Waals surface area contributed by atoms with Crippen LogP contribution in [-0.2, 0) is 21.4 Å². The van der Waals surface area contributed by atoms with E-state index in [1.165, 1.54) is 30.6 Å². The molecule has 2 amide bonds. The molecule has 0 unspecified atom stereocenters. The van der Waals surface area contributed by atoms with E-state index in [0.29, 0.717) is 24.4 Å². The topological polar surface area (TPSA) is 122 Å². The summed E-state index contributed by atoms with van der Waals surface area (Å²) in [7, 11) is 1.63. The molecule has 4 rings (SSSR count). The normalized spacial score (nSPS) is 12.0. The van der Waals surface area contributed by atoms with Gasteiger partial charge in [-0.2, -0.15) is 0 Å². The number of aliphatic carboxylic acids is 1. The van der Waals surface area contributed by atoms with Gasteiger partial charge in [-0.1, -0.05) is 89.8 Å². The van der Waals surface area contributed by atoms with Gasteiger partial charge in [-0.05, 0) is 59.7 Å². The smallest absolute Gasteiger partial charge is 0.303 e. The third kappa shape index (κ3) is 11.1. The van der Waals surface area contributed by atoms with Crippen molar-refractivity contribution in [3.05, 3.63) is 89.6 Å². The molecule has 9 heteroatoms. The van der Waals surface area contributed by atoms with E-state index in [2.05, 4.69) is 38.0 Å². The zero-order valence-corrected chi connectivity index (χ0v) is 29.5. The van der Waals surface area contributed by atoms with E-state index in [0.717, 1.165) is 39.8 Å². The van der Waals surface area contributed by atoms with E-state index in [1.54, 1.807) is 25.4 Å². The van der Waals surface area contributed by atoms with Crippen LogP contribution in [0, 0.1) is 0 Å². The first kappa shape index (κ1) is 37.0. The SMILES string of the molecule is CCCCCCCOc1ccc2nc(-c3ccc(C[C@H](NC(=O)c4ccc(C(C)(C)C)cc4)C(=O)N(C)CCCC(=O)O)cc3)ncc2c1. The van der Waals surface area contributed by atoms with Crippen LogP contribution in [0.4, 0.5) is 0 Å². The second-order valence-electron chi connectivity index (χ2n) is 13.7. The van der Waals surface area contributed by atoms with Crippen molar-refractivity contribution in [1.82, 2.24) is 20.2 Å². The molecule has 0 spiro atoms. The maximum atomic E-state index is 13.6. The largest absolute Gasteiger partial charge is 0.494 e. The minimum atomic E-state index is -0.915. The van der Waals surface area contributed by atoms with Crippen molar-refractivity contribution >= 4 is 28.7 Å². The van der Waals surface area contributed by atoms with E-state index in [4.69, 9.17) is 14.8 Å². The number of nitrogens with zero attached hydrogens (tertiary/aromatic N) is 3. The van der Waals surface area contributed by atoms with Crippen LogP contribution >= 0.6 is 0 Å². The number of carboxylic acid groups (broad SMARTS) is 1. The average Bonchev–Trinajstić information content (AvgIpc) is 3.08. The number of nitrogens with one attached hydrogen (secondary N) is 1. The predicted octanol–water partition coefficient (Wildman–Crippen LogP) is 7.61. The molecule has 1 atom stereocenters. The Balaban J connectivity index is 1.45.